The molecule has 0 amide bonds. The fourth-order valence-corrected chi connectivity index (χ4v) is 14.7. The van der Waals surface area contributed by atoms with Crippen molar-refractivity contribution in [1.29, 1.82) is 0 Å². The number of ether oxygens (including phenoxy) is 1. The van der Waals surface area contributed by atoms with Gasteiger partial charge in [0.15, 0.2) is 0 Å². The number of benzene rings is 3. The summed E-state index contributed by atoms with van der Waals surface area (Å²) >= 11 is 0. The highest BCUT2D eigenvalue weighted by Gasteiger charge is 2.60. The van der Waals surface area contributed by atoms with Crippen LogP contribution < -0.4 is 15.3 Å². The highest BCUT2D eigenvalue weighted by Crippen LogP contribution is 2.57. The molecular formula is C33H40FNO2Si. The van der Waals surface area contributed by atoms with Crippen LogP contribution in [0.15, 0.2) is 78.9 Å². The van der Waals surface area contributed by atoms with Crippen LogP contribution in [-0.2, 0) is 16.0 Å². The molecule has 2 aliphatic rings. The van der Waals surface area contributed by atoms with Gasteiger partial charge in [-0.15, -0.1) is 0 Å². The minimum atomic E-state index is -2.22. The molecule has 5 rings (SSSR count). The third-order valence-corrected chi connectivity index (χ3v) is 15.7. The number of aryl methyl sites for hydroxylation is 1. The van der Waals surface area contributed by atoms with E-state index in [1.165, 1.54) is 10.4 Å². The summed E-state index contributed by atoms with van der Waals surface area (Å²) in [6.07, 6.45) is 3.00. The summed E-state index contributed by atoms with van der Waals surface area (Å²) in [6, 6.07) is 28.4. The van der Waals surface area contributed by atoms with Gasteiger partial charge < -0.3 is 9.64 Å². The van der Waals surface area contributed by atoms with E-state index in [2.05, 4.69) is 86.3 Å². The number of hydrogen-bond acceptors (Lipinski definition) is 3. The minimum Gasteiger partial charge on any atom is -0.466 e. The first-order valence-corrected chi connectivity index (χ1v) is 16.1. The maximum absolute atomic E-state index is 15.4. The lowest BCUT2D eigenvalue weighted by atomic mass is 10.1. The van der Waals surface area contributed by atoms with Gasteiger partial charge in [-0.2, -0.15) is 0 Å². The average Bonchev–Trinajstić information content (AvgIpc) is 3.50. The van der Waals surface area contributed by atoms with Crippen LogP contribution in [0.4, 0.5) is 10.1 Å². The van der Waals surface area contributed by atoms with Gasteiger partial charge in [-0.1, -0.05) is 97.9 Å². The molecule has 200 valence electrons. The summed E-state index contributed by atoms with van der Waals surface area (Å²) in [4.78, 5) is 14.1. The fraction of sp³-hybridized carbons (Fsp3) is 0.424. The molecule has 0 N–H and O–H groups in total. The Kier molecular flexibility index (Phi) is 7.50. The number of carbonyl (C=O) groups is 1. The van der Waals surface area contributed by atoms with Gasteiger partial charge in [0.25, 0.3) is 0 Å². The number of halogens is 1. The molecule has 3 aromatic carbocycles. The zero-order valence-corrected chi connectivity index (χ0v) is 24.1. The molecule has 2 fully saturated rings. The summed E-state index contributed by atoms with van der Waals surface area (Å²) in [5.74, 6) is 0.123. The molecule has 1 unspecified atom stereocenters. The van der Waals surface area contributed by atoms with Crippen LogP contribution in [0, 0.1) is 11.7 Å². The van der Waals surface area contributed by atoms with Crippen molar-refractivity contribution in [2.24, 2.45) is 5.92 Å². The zero-order chi connectivity index (χ0) is 26.9. The molecule has 5 heteroatoms. The maximum atomic E-state index is 15.4. The SMILES string of the molecule is CCOC(=O)CCc1ccc(N2C[C@@H]3C[C@H]2CC3[Si](c2ccccc2)(c2ccccc2)C(C)(C)C)c(F)c1. The first-order chi connectivity index (χ1) is 18.3. The molecule has 1 saturated heterocycles. The topological polar surface area (TPSA) is 29.5 Å². The van der Waals surface area contributed by atoms with Gasteiger partial charge in [0, 0.05) is 19.0 Å². The molecule has 0 radical (unpaired) electrons. The molecule has 3 atom stereocenters. The van der Waals surface area contributed by atoms with E-state index >= 15 is 4.39 Å². The predicted octanol–water partition coefficient (Wildman–Crippen LogP) is 6.35. The molecule has 38 heavy (non-hydrogen) atoms. The van der Waals surface area contributed by atoms with Crippen molar-refractivity contribution in [1.82, 2.24) is 0 Å². The van der Waals surface area contributed by atoms with Crippen LogP contribution in [-0.4, -0.2) is 33.2 Å². The molecule has 0 aromatic heterocycles. The Morgan fingerprint density at radius 1 is 0.974 bits per heavy atom. The van der Waals surface area contributed by atoms with E-state index in [1.54, 1.807) is 13.0 Å². The summed E-state index contributed by atoms with van der Waals surface area (Å²) in [5, 5.41) is 3.15. The molecule has 3 aromatic rings. The number of anilines is 1. The van der Waals surface area contributed by atoms with Crippen LogP contribution in [0.25, 0.3) is 0 Å². The number of fused-ring (bicyclic) bond motifs is 2. The third kappa shape index (κ3) is 4.70. The third-order valence-electron chi connectivity index (χ3n) is 8.98. The van der Waals surface area contributed by atoms with Gasteiger partial charge in [-0.05, 0) is 60.4 Å². The quantitative estimate of drug-likeness (QED) is 0.251. The van der Waals surface area contributed by atoms with E-state index in [4.69, 9.17) is 4.74 Å². The van der Waals surface area contributed by atoms with Crippen molar-refractivity contribution in [2.45, 2.75) is 70.0 Å². The van der Waals surface area contributed by atoms with Crippen LogP contribution in [0.3, 0.4) is 0 Å². The number of esters is 1. The Bertz CT molecular complexity index is 1220. The number of piperidine rings is 1. The Labute approximate surface area is 228 Å². The second-order valence-corrected chi connectivity index (χ2v) is 17.0. The number of nitrogens with zero attached hydrogens (tertiary/aromatic N) is 1. The monoisotopic (exact) mass is 529 g/mol. The molecule has 1 heterocycles. The van der Waals surface area contributed by atoms with E-state index in [0.717, 1.165) is 24.9 Å². The van der Waals surface area contributed by atoms with E-state index in [0.29, 0.717) is 36.2 Å². The van der Waals surface area contributed by atoms with Crippen molar-refractivity contribution in [3.63, 3.8) is 0 Å². The lowest BCUT2D eigenvalue weighted by Gasteiger charge is -2.52. The van der Waals surface area contributed by atoms with E-state index in [1.807, 2.05) is 12.1 Å². The van der Waals surface area contributed by atoms with Crippen molar-refractivity contribution in [3.05, 3.63) is 90.2 Å². The summed E-state index contributed by atoms with van der Waals surface area (Å²) < 4.78 is 20.4. The Hall–Kier alpha value is -2.92. The Morgan fingerprint density at radius 3 is 2.11 bits per heavy atom. The highest BCUT2D eigenvalue weighted by atomic mass is 28.3. The van der Waals surface area contributed by atoms with Gasteiger partial charge in [-0.3, -0.25) is 4.79 Å². The van der Waals surface area contributed by atoms with Crippen molar-refractivity contribution in [2.75, 3.05) is 18.1 Å². The lowest BCUT2D eigenvalue weighted by molar-refractivity contribution is -0.143. The Morgan fingerprint density at radius 2 is 1.61 bits per heavy atom. The number of hydrogen-bond donors (Lipinski definition) is 0. The summed E-state index contributed by atoms with van der Waals surface area (Å²) in [5.41, 5.74) is 2.15. The molecular weight excluding hydrogens is 489 g/mol. The minimum absolute atomic E-state index is 0.126. The standard InChI is InChI=1S/C33H40FNO2Si/c1-5-37-32(36)19-17-24-16-18-30(29(34)20-24)35-23-25-21-26(35)22-31(25)38(33(2,3)4,27-12-8-6-9-13-27)28-14-10-7-11-15-28/h6-16,18,20,25-26,31H,5,17,19,21-23H2,1-4H3/t25-,26-,31?/m0/s1. The van der Waals surface area contributed by atoms with Gasteiger partial charge in [0.05, 0.1) is 12.3 Å². The van der Waals surface area contributed by atoms with Gasteiger partial charge in [0.1, 0.15) is 13.9 Å². The highest BCUT2D eigenvalue weighted by molar-refractivity contribution is 7.05. The maximum Gasteiger partial charge on any atom is 0.306 e. The summed E-state index contributed by atoms with van der Waals surface area (Å²) in [6.45, 7) is 10.4. The van der Waals surface area contributed by atoms with E-state index in [9.17, 15) is 4.79 Å². The Balaban J connectivity index is 1.43. The van der Waals surface area contributed by atoms with Crippen LogP contribution in [0.5, 0.6) is 0 Å². The fourth-order valence-electron chi connectivity index (χ4n) is 7.62. The van der Waals surface area contributed by atoms with Gasteiger partial charge in [0.2, 0.25) is 0 Å². The second kappa shape index (κ2) is 10.7. The van der Waals surface area contributed by atoms with Crippen molar-refractivity contribution in [3.8, 4) is 0 Å². The largest absolute Gasteiger partial charge is 0.466 e. The summed E-state index contributed by atoms with van der Waals surface area (Å²) in [7, 11) is -2.22. The normalized spacial score (nSPS) is 21.1. The first-order valence-electron chi connectivity index (χ1n) is 14.1. The average molecular weight is 530 g/mol. The molecule has 3 nitrogen and oxygen atoms in total. The van der Waals surface area contributed by atoms with Gasteiger partial charge >= 0.3 is 5.97 Å². The van der Waals surface area contributed by atoms with Crippen LogP contribution >= 0.6 is 0 Å². The molecule has 1 saturated carbocycles. The van der Waals surface area contributed by atoms with Crippen molar-refractivity contribution < 1.29 is 13.9 Å². The predicted molar refractivity (Wildman–Crippen MR) is 157 cm³/mol. The molecule has 1 aliphatic heterocycles. The first kappa shape index (κ1) is 26.7. The van der Waals surface area contributed by atoms with Crippen LogP contribution in [0.1, 0.15) is 52.5 Å². The zero-order valence-electron chi connectivity index (χ0n) is 23.1. The van der Waals surface area contributed by atoms with Crippen molar-refractivity contribution >= 4 is 30.1 Å². The number of rotatable bonds is 8. The van der Waals surface area contributed by atoms with E-state index in [-0.39, 0.29) is 23.2 Å². The second-order valence-electron chi connectivity index (χ2n) is 12.0. The number of carbonyl (C=O) groups excluding carboxylic acids is 1. The molecule has 1 aliphatic carbocycles. The smallest absolute Gasteiger partial charge is 0.306 e. The molecule has 2 bridgehead atoms. The van der Waals surface area contributed by atoms with Crippen LogP contribution in [0.2, 0.25) is 10.6 Å². The molecule has 0 spiro atoms. The van der Waals surface area contributed by atoms with E-state index < -0.39 is 8.07 Å². The van der Waals surface area contributed by atoms with Gasteiger partial charge in [-0.25, -0.2) is 4.39 Å². The lowest BCUT2D eigenvalue weighted by Crippen LogP contribution is -2.68.